The molecule has 1 aliphatic heterocycles. The highest BCUT2D eigenvalue weighted by atomic mass is 16.5. The molecule has 0 aliphatic carbocycles. The number of ether oxygens (including phenoxy) is 1. The Hall–Kier alpha value is -1.22. The normalized spacial score (nSPS) is 15.9. The maximum atomic E-state index is 5.25. The van der Waals surface area contributed by atoms with Crippen LogP contribution in [0.25, 0.3) is 0 Å². The topological polar surface area (TPSA) is 24.5 Å². The molecule has 0 radical (unpaired) electrons. The number of anilines is 1. The minimum absolute atomic E-state index is 0.637. The minimum Gasteiger partial charge on any atom is -0.496 e. The number of hydrogen-bond donors (Lipinski definition) is 1. The molecule has 0 bridgehead atoms. The highest BCUT2D eigenvalue weighted by molar-refractivity contribution is 5.53. The molecular formula is C12H18N2O. The van der Waals surface area contributed by atoms with Gasteiger partial charge in [-0.2, -0.15) is 0 Å². The maximum Gasteiger partial charge on any atom is 0.121 e. The van der Waals surface area contributed by atoms with Gasteiger partial charge >= 0.3 is 0 Å². The highest BCUT2D eigenvalue weighted by Crippen LogP contribution is 2.25. The molecular weight excluding hydrogens is 188 g/mol. The number of methoxy groups -OCH3 is 1. The predicted octanol–water partition coefficient (Wildman–Crippen LogP) is 1.41. The fourth-order valence-electron chi connectivity index (χ4n) is 1.84. The number of aryl methyl sites for hydroxylation is 1. The zero-order chi connectivity index (χ0) is 10.8. The van der Waals surface area contributed by atoms with Gasteiger partial charge in [-0.15, -0.1) is 0 Å². The second kappa shape index (κ2) is 4.11. The van der Waals surface area contributed by atoms with Crippen LogP contribution in [0.4, 0.5) is 5.69 Å². The molecule has 1 saturated heterocycles. The summed E-state index contributed by atoms with van der Waals surface area (Å²) < 4.78 is 5.25. The van der Waals surface area contributed by atoms with Gasteiger partial charge < -0.3 is 15.0 Å². The molecule has 1 heterocycles. The van der Waals surface area contributed by atoms with E-state index in [1.165, 1.54) is 11.3 Å². The second-order valence-corrected chi connectivity index (χ2v) is 4.08. The summed E-state index contributed by atoms with van der Waals surface area (Å²) >= 11 is 0. The van der Waals surface area contributed by atoms with Crippen LogP contribution in [0.3, 0.4) is 0 Å². The number of hydrogen-bond acceptors (Lipinski definition) is 3. The lowest BCUT2D eigenvalue weighted by Crippen LogP contribution is -2.56. The van der Waals surface area contributed by atoms with Crippen molar-refractivity contribution in [3.8, 4) is 5.75 Å². The van der Waals surface area contributed by atoms with Crippen molar-refractivity contribution in [3.05, 3.63) is 23.8 Å². The van der Waals surface area contributed by atoms with Crippen LogP contribution < -0.4 is 15.0 Å². The summed E-state index contributed by atoms with van der Waals surface area (Å²) in [5, 5.41) is 3.28. The summed E-state index contributed by atoms with van der Waals surface area (Å²) in [5.41, 5.74) is 2.45. The lowest BCUT2D eigenvalue weighted by molar-refractivity contribution is 0.411. The van der Waals surface area contributed by atoms with Crippen molar-refractivity contribution < 1.29 is 4.74 Å². The highest BCUT2D eigenvalue weighted by Gasteiger charge is 2.21. The second-order valence-electron chi connectivity index (χ2n) is 4.08. The molecule has 15 heavy (non-hydrogen) atoms. The number of nitrogens with zero attached hydrogens (tertiary/aromatic N) is 1. The van der Waals surface area contributed by atoms with Crippen molar-refractivity contribution in [3.63, 3.8) is 0 Å². The number of rotatable bonds is 3. The average molecular weight is 206 g/mol. The summed E-state index contributed by atoms with van der Waals surface area (Å²) in [6, 6.07) is 6.96. The van der Waals surface area contributed by atoms with E-state index in [1.54, 1.807) is 7.11 Å². The lowest BCUT2D eigenvalue weighted by atomic mass is 10.1. The zero-order valence-electron chi connectivity index (χ0n) is 9.58. The van der Waals surface area contributed by atoms with Gasteiger partial charge in [0.15, 0.2) is 0 Å². The predicted molar refractivity (Wildman–Crippen MR) is 62.8 cm³/mol. The van der Waals surface area contributed by atoms with E-state index in [4.69, 9.17) is 4.74 Å². The van der Waals surface area contributed by atoms with Gasteiger partial charge in [0, 0.05) is 25.8 Å². The Labute approximate surface area is 91.0 Å². The number of likely N-dealkylation sites (N-methyl/N-ethyl adjacent to an activating group) is 1. The molecule has 2 rings (SSSR count). The number of benzene rings is 1. The van der Waals surface area contributed by atoms with Gasteiger partial charge in [-0.3, -0.25) is 0 Å². The first-order valence-electron chi connectivity index (χ1n) is 5.30. The molecule has 0 saturated carbocycles. The first-order valence-corrected chi connectivity index (χ1v) is 5.30. The number of nitrogens with one attached hydrogen (secondary N) is 1. The molecule has 1 aromatic carbocycles. The van der Waals surface area contributed by atoms with Crippen molar-refractivity contribution in [1.82, 2.24) is 5.32 Å². The minimum atomic E-state index is 0.637. The van der Waals surface area contributed by atoms with Crippen LogP contribution in [-0.2, 0) is 0 Å². The van der Waals surface area contributed by atoms with E-state index in [9.17, 15) is 0 Å². The Morgan fingerprint density at radius 1 is 1.40 bits per heavy atom. The van der Waals surface area contributed by atoms with E-state index < -0.39 is 0 Å². The largest absolute Gasteiger partial charge is 0.496 e. The van der Waals surface area contributed by atoms with E-state index >= 15 is 0 Å². The van der Waals surface area contributed by atoms with Gasteiger partial charge in [0.05, 0.1) is 13.2 Å². The van der Waals surface area contributed by atoms with Crippen molar-refractivity contribution in [2.45, 2.75) is 13.0 Å². The molecule has 3 nitrogen and oxygen atoms in total. The summed E-state index contributed by atoms with van der Waals surface area (Å²) in [6.07, 6.45) is 0. The van der Waals surface area contributed by atoms with Gasteiger partial charge in [-0.1, -0.05) is 0 Å². The maximum absolute atomic E-state index is 5.25. The smallest absolute Gasteiger partial charge is 0.121 e. The van der Waals surface area contributed by atoms with Crippen LogP contribution in [-0.4, -0.2) is 33.3 Å². The zero-order valence-corrected chi connectivity index (χ0v) is 9.58. The van der Waals surface area contributed by atoms with E-state index in [0.717, 1.165) is 18.8 Å². The third kappa shape index (κ3) is 1.92. The third-order valence-corrected chi connectivity index (χ3v) is 3.09. The van der Waals surface area contributed by atoms with Crippen LogP contribution in [0.15, 0.2) is 18.2 Å². The first-order chi connectivity index (χ1) is 7.22. The molecule has 0 atom stereocenters. The SMILES string of the molecule is COc1ccc(N(C)C2CNC2)cc1C. The van der Waals surface area contributed by atoms with Gasteiger partial charge in [0.25, 0.3) is 0 Å². The monoisotopic (exact) mass is 206 g/mol. The molecule has 1 fully saturated rings. The average Bonchev–Trinajstić information content (AvgIpc) is 2.15. The molecule has 0 aromatic heterocycles. The van der Waals surface area contributed by atoms with Crippen molar-refractivity contribution in [1.29, 1.82) is 0 Å². The van der Waals surface area contributed by atoms with Crippen molar-refractivity contribution in [2.75, 3.05) is 32.1 Å². The quantitative estimate of drug-likeness (QED) is 0.809. The third-order valence-electron chi connectivity index (χ3n) is 3.09. The molecule has 1 aliphatic rings. The summed E-state index contributed by atoms with van der Waals surface area (Å²) in [6.45, 7) is 4.25. The summed E-state index contributed by atoms with van der Waals surface area (Å²) in [5.74, 6) is 0.957. The van der Waals surface area contributed by atoms with Crippen LogP contribution in [0.1, 0.15) is 5.56 Å². The Morgan fingerprint density at radius 3 is 2.60 bits per heavy atom. The Morgan fingerprint density at radius 2 is 2.13 bits per heavy atom. The molecule has 0 amide bonds. The lowest BCUT2D eigenvalue weighted by Gasteiger charge is -2.37. The Bertz CT molecular complexity index is 347. The van der Waals surface area contributed by atoms with E-state index in [1.807, 2.05) is 6.07 Å². The fourth-order valence-corrected chi connectivity index (χ4v) is 1.84. The van der Waals surface area contributed by atoms with Crippen molar-refractivity contribution >= 4 is 5.69 Å². The van der Waals surface area contributed by atoms with Gasteiger partial charge in [-0.05, 0) is 30.7 Å². The molecule has 0 spiro atoms. The van der Waals surface area contributed by atoms with Crippen molar-refractivity contribution in [2.24, 2.45) is 0 Å². The van der Waals surface area contributed by atoms with E-state index in [0.29, 0.717) is 6.04 Å². The van der Waals surface area contributed by atoms with E-state index in [-0.39, 0.29) is 0 Å². The van der Waals surface area contributed by atoms with Crippen LogP contribution in [0.2, 0.25) is 0 Å². The standard InChI is InChI=1S/C12H18N2O/c1-9-6-10(4-5-12(9)15-3)14(2)11-7-13-8-11/h4-6,11,13H,7-8H2,1-3H3. The Kier molecular flexibility index (Phi) is 2.82. The van der Waals surface area contributed by atoms with Gasteiger partial charge in [0.2, 0.25) is 0 Å². The fraction of sp³-hybridized carbons (Fsp3) is 0.500. The van der Waals surface area contributed by atoms with Crippen LogP contribution in [0, 0.1) is 6.92 Å². The molecule has 1 N–H and O–H groups in total. The summed E-state index contributed by atoms with van der Waals surface area (Å²) in [4.78, 5) is 2.32. The van der Waals surface area contributed by atoms with E-state index in [2.05, 4.69) is 36.3 Å². The molecule has 1 aromatic rings. The van der Waals surface area contributed by atoms with Gasteiger partial charge in [0.1, 0.15) is 5.75 Å². The first kappa shape index (κ1) is 10.3. The molecule has 3 heteroatoms. The van der Waals surface area contributed by atoms with Gasteiger partial charge in [-0.25, -0.2) is 0 Å². The molecule has 0 unspecified atom stereocenters. The van der Waals surface area contributed by atoms with Crippen LogP contribution >= 0.6 is 0 Å². The Balaban J connectivity index is 2.17. The summed E-state index contributed by atoms with van der Waals surface area (Å²) in [7, 11) is 3.86. The molecule has 82 valence electrons. The van der Waals surface area contributed by atoms with Crippen LogP contribution in [0.5, 0.6) is 5.75 Å².